The Kier molecular flexibility index (Phi) is 3.92. The zero-order valence-corrected chi connectivity index (χ0v) is 11.7. The van der Waals surface area contributed by atoms with Gasteiger partial charge in [-0.05, 0) is 68.8 Å². The van der Waals surface area contributed by atoms with E-state index in [9.17, 15) is 0 Å². The van der Waals surface area contributed by atoms with Crippen molar-refractivity contribution in [2.45, 2.75) is 38.2 Å². The van der Waals surface area contributed by atoms with Crippen molar-refractivity contribution in [3.05, 3.63) is 23.8 Å². The van der Waals surface area contributed by atoms with Gasteiger partial charge in [0.1, 0.15) is 0 Å². The first kappa shape index (κ1) is 12.8. The molecule has 0 amide bonds. The normalized spacial score (nSPS) is 20.3. The molecule has 2 fully saturated rings. The van der Waals surface area contributed by atoms with Gasteiger partial charge in [0.2, 0.25) is 0 Å². The Labute approximate surface area is 115 Å². The summed E-state index contributed by atoms with van der Waals surface area (Å²) in [6.07, 6.45) is 6.51. The van der Waals surface area contributed by atoms with Crippen molar-refractivity contribution in [3.63, 3.8) is 0 Å². The molecule has 1 aromatic rings. The van der Waals surface area contributed by atoms with Gasteiger partial charge in [-0.25, -0.2) is 0 Å². The fraction of sp³-hybridized carbons (Fsp3) is 0.625. The Morgan fingerprint density at radius 1 is 1.11 bits per heavy atom. The summed E-state index contributed by atoms with van der Waals surface area (Å²) in [4.78, 5) is 0. The maximum Gasteiger partial charge on any atom is 0.161 e. The van der Waals surface area contributed by atoms with Gasteiger partial charge in [-0.3, -0.25) is 0 Å². The SMILES string of the molecule is COc1ccc(CC2CCNCC2)cc1OC1CC1. The van der Waals surface area contributed by atoms with Crippen molar-refractivity contribution in [3.8, 4) is 11.5 Å². The second-order valence-electron chi connectivity index (χ2n) is 5.70. The lowest BCUT2D eigenvalue weighted by Gasteiger charge is -2.23. The van der Waals surface area contributed by atoms with E-state index in [1.54, 1.807) is 7.11 Å². The maximum absolute atomic E-state index is 5.94. The predicted octanol–water partition coefficient (Wildman–Crippen LogP) is 2.78. The highest BCUT2D eigenvalue weighted by Crippen LogP contribution is 2.35. The molecule has 0 unspecified atom stereocenters. The maximum atomic E-state index is 5.94. The van der Waals surface area contributed by atoms with Crippen LogP contribution in [0.4, 0.5) is 0 Å². The fourth-order valence-corrected chi connectivity index (χ4v) is 2.72. The van der Waals surface area contributed by atoms with Crippen LogP contribution in [0.25, 0.3) is 0 Å². The van der Waals surface area contributed by atoms with E-state index in [4.69, 9.17) is 9.47 Å². The smallest absolute Gasteiger partial charge is 0.161 e. The average Bonchev–Trinajstić information content (AvgIpc) is 3.24. The van der Waals surface area contributed by atoms with Gasteiger partial charge in [-0.2, -0.15) is 0 Å². The zero-order valence-electron chi connectivity index (χ0n) is 11.7. The summed E-state index contributed by atoms with van der Waals surface area (Å²) in [6, 6.07) is 6.41. The van der Waals surface area contributed by atoms with Gasteiger partial charge < -0.3 is 14.8 Å². The van der Waals surface area contributed by atoms with Crippen molar-refractivity contribution < 1.29 is 9.47 Å². The van der Waals surface area contributed by atoms with Crippen molar-refractivity contribution in [1.29, 1.82) is 0 Å². The largest absolute Gasteiger partial charge is 0.493 e. The zero-order chi connectivity index (χ0) is 13.1. The quantitative estimate of drug-likeness (QED) is 0.884. The van der Waals surface area contributed by atoms with E-state index in [0.29, 0.717) is 6.10 Å². The number of piperidine rings is 1. The standard InChI is InChI=1S/C16H23NO2/c1-18-15-5-2-13(10-12-6-8-17-9-7-12)11-16(15)19-14-3-4-14/h2,5,11-12,14,17H,3-4,6-10H2,1H3. The third-order valence-electron chi connectivity index (χ3n) is 4.03. The molecule has 1 heterocycles. The molecule has 0 atom stereocenters. The molecule has 3 nitrogen and oxygen atoms in total. The molecule has 3 rings (SSSR count). The second-order valence-corrected chi connectivity index (χ2v) is 5.70. The molecule has 104 valence electrons. The minimum atomic E-state index is 0.419. The summed E-state index contributed by atoms with van der Waals surface area (Å²) in [5.74, 6) is 2.60. The lowest BCUT2D eigenvalue weighted by molar-refractivity contribution is 0.281. The van der Waals surface area contributed by atoms with Crippen LogP contribution in [0, 0.1) is 5.92 Å². The Balaban J connectivity index is 1.69. The molecule has 1 aliphatic carbocycles. The minimum Gasteiger partial charge on any atom is -0.493 e. The fourth-order valence-electron chi connectivity index (χ4n) is 2.72. The van der Waals surface area contributed by atoms with Crippen LogP contribution < -0.4 is 14.8 Å². The number of methoxy groups -OCH3 is 1. The van der Waals surface area contributed by atoms with E-state index in [-0.39, 0.29) is 0 Å². The predicted molar refractivity (Wildman–Crippen MR) is 75.9 cm³/mol. The summed E-state index contributed by atoms with van der Waals surface area (Å²) in [5.41, 5.74) is 1.38. The van der Waals surface area contributed by atoms with Crippen molar-refractivity contribution >= 4 is 0 Å². The third-order valence-corrected chi connectivity index (χ3v) is 4.03. The van der Waals surface area contributed by atoms with E-state index in [1.165, 1.54) is 31.2 Å². The van der Waals surface area contributed by atoms with Crippen LogP contribution in [0.15, 0.2) is 18.2 Å². The number of ether oxygens (including phenoxy) is 2. The van der Waals surface area contributed by atoms with Crippen molar-refractivity contribution in [2.75, 3.05) is 20.2 Å². The van der Waals surface area contributed by atoms with E-state index >= 15 is 0 Å². The Morgan fingerprint density at radius 3 is 2.58 bits per heavy atom. The van der Waals surface area contributed by atoms with Gasteiger partial charge in [0.15, 0.2) is 11.5 Å². The van der Waals surface area contributed by atoms with Gasteiger partial charge in [-0.1, -0.05) is 6.07 Å². The molecule has 0 aromatic heterocycles. The highest BCUT2D eigenvalue weighted by Gasteiger charge is 2.25. The summed E-state index contributed by atoms with van der Waals surface area (Å²) >= 11 is 0. The summed E-state index contributed by atoms with van der Waals surface area (Å²) in [5, 5.41) is 3.42. The highest BCUT2D eigenvalue weighted by molar-refractivity contribution is 5.43. The van der Waals surface area contributed by atoms with Gasteiger partial charge in [-0.15, -0.1) is 0 Å². The molecule has 1 saturated carbocycles. The summed E-state index contributed by atoms with van der Waals surface area (Å²) in [7, 11) is 1.71. The molecule has 0 bridgehead atoms. The highest BCUT2D eigenvalue weighted by atomic mass is 16.5. The Hall–Kier alpha value is -1.22. The number of hydrogen-bond donors (Lipinski definition) is 1. The topological polar surface area (TPSA) is 30.5 Å². The summed E-state index contributed by atoms with van der Waals surface area (Å²) < 4.78 is 11.3. The number of benzene rings is 1. The second kappa shape index (κ2) is 5.83. The van der Waals surface area contributed by atoms with Crippen LogP contribution >= 0.6 is 0 Å². The third kappa shape index (κ3) is 3.41. The first-order chi connectivity index (χ1) is 9.35. The lowest BCUT2D eigenvalue weighted by Crippen LogP contribution is -2.28. The number of nitrogens with one attached hydrogen (secondary N) is 1. The number of hydrogen-bond acceptors (Lipinski definition) is 3. The Bertz CT molecular complexity index is 423. The van der Waals surface area contributed by atoms with Gasteiger partial charge >= 0.3 is 0 Å². The average molecular weight is 261 g/mol. The molecule has 1 aliphatic heterocycles. The van der Waals surface area contributed by atoms with Crippen LogP contribution in [0.1, 0.15) is 31.2 Å². The molecule has 1 N–H and O–H groups in total. The van der Waals surface area contributed by atoms with E-state index < -0.39 is 0 Å². The first-order valence-electron chi connectivity index (χ1n) is 7.39. The lowest BCUT2D eigenvalue weighted by atomic mass is 9.91. The van der Waals surface area contributed by atoms with E-state index in [1.807, 2.05) is 6.07 Å². The molecule has 1 saturated heterocycles. The molecule has 0 spiro atoms. The van der Waals surface area contributed by atoms with Gasteiger partial charge in [0, 0.05) is 0 Å². The van der Waals surface area contributed by atoms with Crippen LogP contribution in [-0.2, 0) is 6.42 Å². The van der Waals surface area contributed by atoms with E-state index in [0.717, 1.165) is 36.9 Å². The van der Waals surface area contributed by atoms with Crippen LogP contribution in [0.3, 0.4) is 0 Å². The van der Waals surface area contributed by atoms with E-state index in [2.05, 4.69) is 17.4 Å². The van der Waals surface area contributed by atoms with Crippen LogP contribution in [0.2, 0.25) is 0 Å². The van der Waals surface area contributed by atoms with Crippen molar-refractivity contribution in [2.24, 2.45) is 5.92 Å². The molecular formula is C16H23NO2. The monoisotopic (exact) mass is 261 g/mol. The molecule has 0 radical (unpaired) electrons. The van der Waals surface area contributed by atoms with Gasteiger partial charge in [0.05, 0.1) is 13.2 Å². The molecule has 2 aliphatic rings. The number of rotatable bonds is 5. The molecular weight excluding hydrogens is 238 g/mol. The van der Waals surface area contributed by atoms with Gasteiger partial charge in [0.25, 0.3) is 0 Å². The summed E-state index contributed by atoms with van der Waals surface area (Å²) in [6.45, 7) is 2.32. The molecule has 3 heteroatoms. The van der Waals surface area contributed by atoms with Crippen LogP contribution in [0.5, 0.6) is 11.5 Å². The molecule has 1 aromatic carbocycles. The van der Waals surface area contributed by atoms with Crippen molar-refractivity contribution in [1.82, 2.24) is 5.32 Å². The minimum absolute atomic E-state index is 0.419. The molecule has 19 heavy (non-hydrogen) atoms. The first-order valence-corrected chi connectivity index (χ1v) is 7.39. The Morgan fingerprint density at radius 2 is 1.89 bits per heavy atom. The van der Waals surface area contributed by atoms with Crippen LogP contribution in [-0.4, -0.2) is 26.3 Å².